The van der Waals surface area contributed by atoms with Crippen LogP contribution >= 0.6 is 23.2 Å². The minimum atomic E-state index is -1.15. The van der Waals surface area contributed by atoms with Crippen LogP contribution in [0.2, 0.25) is 15.9 Å². The molecule has 34 heavy (non-hydrogen) atoms. The van der Waals surface area contributed by atoms with E-state index in [0.717, 1.165) is 6.42 Å². The number of carbonyl (C=O) groups excluding carboxylic acids is 4. The van der Waals surface area contributed by atoms with Crippen LogP contribution in [0.4, 0.5) is 0 Å². The van der Waals surface area contributed by atoms with Gasteiger partial charge in [-0.05, 0) is 56.8 Å². The summed E-state index contributed by atoms with van der Waals surface area (Å²) in [5.74, 6) is -2.09. The highest BCUT2D eigenvalue weighted by Crippen LogP contribution is 2.32. The highest BCUT2D eigenvalue weighted by Gasteiger charge is 2.47. The van der Waals surface area contributed by atoms with Crippen LogP contribution in [-0.2, 0) is 23.7 Å². The molecule has 184 valence electrons. The Kier molecular flexibility index (Phi) is 9.01. The number of piperidine rings is 1. The van der Waals surface area contributed by atoms with Gasteiger partial charge in [-0.1, -0.05) is 37.0 Å². The maximum atomic E-state index is 12.8. The first-order valence-corrected chi connectivity index (χ1v) is 12.2. The van der Waals surface area contributed by atoms with Crippen molar-refractivity contribution in [2.45, 2.75) is 63.9 Å². The van der Waals surface area contributed by atoms with E-state index < -0.39 is 42.9 Å². The summed E-state index contributed by atoms with van der Waals surface area (Å²) in [6.07, 6.45) is 2.42. The van der Waals surface area contributed by atoms with Gasteiger partial charge in [0.05, 0.1) is 17.1 Å². The van der Waals surface area contributed by atoms with Crippen molar-refractivity contribution >= 4 is 53.9 Å². The average Bonchev–Trinajstić information content (AvgIpc) is 2.77. The third-order valence-corrected chi connectivity index (χ3v) is 6.78. The maximum Gasteiger partial charge on any atom is 0.602 e. The SMILES string of the molecule is CC(C)C[C@H](CC(=O)CNC(=O)c1cc(Cl)ccc1Cl)B1OC(=O)[C@H]2CCC[C@H](C(=O)O1)N2C. The molecule has 2 aliphatic heterocycles. The number of nitrogens with one attached hydrogen (secondary N) is 1. The number of benzene rings is 1. The van der Waals surface area contributed by atoms with Gasteiger partial charge in [-0.3, -0.25) is 24.1 Å². The first-order valence-electron chi connectivity index (χ1n) is 11.4. The number of hydrogen-bond acceptors (Lipinski definition) is 7. The van der Waals surface area contributed by atoms with Crippen LogP contribution in [0.5, 0.6) is 0 Å². The van der Waals surface area contributed by atoms with Crippen LogP contribution in [-0.4, -0.2) is 61.3 Å². The van der Waals surface area contributed by atoms with Gasteiger partial charge >= 0.3 is 19.1 Å². The summed E-state index contributed by atoms with van der Waals surface area (Å²) in [5, 5.41) is 3.12. The van der Waals surface area contributed by atoms with Gasteiger partial charge in [0.2, 0.25) is 0 Å². The van der Waals surface area contributed by atoms with Gasteiger partial charge in [-0.25, -0.2) is 0 Å². The fourth-order valence-corrected chi connectivity index (χ4v) is 4.88. The van der Waals surface area contributed by atoms with E-state index in [0.29, 0.717) is 24.3 Å². The van der Waals surface area contributed by atoms with Crippen LogP contribution in [0.15, 0.2) is 18.2 Å². The second-order valence-corrected chi connectivity index (χ2v) is 10.2. The number of ketones is 1. The molecule has 1 amide bonds. The van der Waals surface area contributed by atoms with E-state index in [4.69, 9.17) is 32.5 Å². The fraction of sp³-hybridized carbons (Fsp3) is 0.565. The van der Waals surface area contributed by atoms with Gasteiger partial charge in [0.1, 0.15) is 12.1 Å². The molecule has 3 rings (SSSR count). The molecule has 2 saturated heterocycles. The number of halogens is 2. The molecule has 2 fully saturated rings. The van der Waals surface area contributed by atoms with Gasteiger partial charge in [0.25, 0.3) is 5.91 Å². The third kappa shape index (κ3) is 6.52. The van der Waals surface area contributed by atoms with Gasteiger partial charge in [0.15, 0.2) is 5.78 Å². The van der Waals surface area contributed by atoms with Gasteiger partial charge in [0, 0.05) is 17.3 Å². The monoisotopic (exact) mass is 510 g/mol. The third-order valence-electron chi connectivity index (χ3n) is 6.22. The number of likely N-dealkylation sites (N-methyl/N-ethyl adjacent to an activating group) is 1. The Hall–Kier alpha value is -2.10. The van der Waals surface area contributed by atoms with E-state index in [1.807, 2.05) is 13.8 Å². The first-order chi connectivity index (χ1) is 16.1. The Bertz CT molecular complexity index is 933. The molecule has 2 heterocycles. The second-order valence-electron chi connectivity index (χ2n) is 9.31. The molecule has 1 aromatic carbocycles. The zero-order valence-corrected chi connectivity index (χ0v) is 21.0. The zero-order valence-electron chi connectivity index (χ0n) is 19.5. The van der Waals surface area contributed by atoms with E-state index in [1.165, 1.54) is 12.1 Å². The summed E-state index contributed by atoms with van der Waals surface area (Å²) in [6.45, 7) is 3.68. The predicted octanol–water partition coefficient (Wildman–Crippen LogP) is 3.54. The van der Waals surface area contributed by atoms with Crippen LogP contribution in [0, 0.1) is 5.92 Å². The Morgan fingerprint density at radius 1 is 1.15 bits per heavy atom. The number of fused-ring (bicyclic) bond motifs is 2. The average molecular weight is 511 g/mol. The molecule has 0 unspecified atom stereocenters. The van der Waals surface area contributed by atoms with Crippen molar-refractivity contribution in [2.24, 2.45) is 5.92 Å². The maximum absolute atomic E-state index is 12.8. The summed E-state index contributed by atoms with van der Waals surface area (Å²) in [5.41, 5.74) is 0.166. The summed E-state index contributed by atoms with van der Waals surface area (Å²) >= 11 is 12.0. The van der Waals surface area contributed by atoms with Crippen molar-refractivity contribution < 1.29 is 28.5 Å². The topological polar surface area (TPSA) is 102 Å². The number of nitrogens with zero attached hydrogens (tertiary/aromatic N) is 1. The lowest BCUT2D eigenvalue weighted by molar-refractivity contribution is -0.157. The molecule has 0 saturated carbocycles. The lowest BCUT2D eigenvalue weighted by atomic mass is 9.65. The highest BCUT2D eigenvalue weighted by molar-refractivity contribution is 6.51. The van der Waals surface area contributed by atoms with Crippen LogP contribution < -0.4 is 5.32 Å². The quantitative estimate of drug-likeness (QED) is 0.533. The molecule has 0 aliphatic carbocycles. The van der Waals surface area contributed by atoms with Crippen LogP contribution in [0.25, 0.3) is 0 Å². The number of carbonyl (C=O) groups is 4. The van der Waals surface area contributed by atoms with E-state index in [9.17, 15) is 19.2 Å². The molecular weight excluding hydrogens is 482 g/mol. The largest absolute Gasteiger partial charge is 0.602 e. The Morgan fingerprint density at radius 3 is 2.35 bits per heavy atom. The minimum Gasteiger partial charge on any atom is -0.498 e. The lowest BCUT2D eigenvalue weighted by Gasteiger charge is -2.40. The molecule has 3 atom stereocenters. The van der Waals surface area contributed by atoms with E-state index in [1.54, 1.807) is 18.0 Å². The molecular formula is C23H29BCl2N2O6. The Morgan fingerprint density at radius 2 is 1.76 bits per heavy atom. The molecule has 1 N–H and O–H groups in total. The fourth-order valence-electron chi connectivity index (χ4n) is 4.51. The summed E-state index contributed by atoms with van der Waals surface area (Å²) < 4.78 is 11.2. The first kappa shape index (κ1) is 26.5. The van der Waals surface area contributed by atoms with Gasteiger partial charge < -0.3 is 14.6 Å². The lowest BCUT2D eigenvalue weighted by Crippen LogP contribution is -2.57. The molecule has 8 nitrogen and oxygen atoms in total. The molecule has 2 bridgehead atoms. The molecule has 0 spiro atoms. The summed E-state index contributed by atoms with van der Waals surface area (Å²) in [7, 11) is 0.572. The van der Waals surface area contributed by atoms with Crippen molar-refractivity contribution in [1.29, 1.82) is 0 Å². The van der Waals surface area contributed by atoms with Crippen LogP contribution in [0.3, 0.4) is 0 Å². The molecule has 1 aromatic rings. The Labute approximate surface area is 209 Å². The van der Waals surface area contributed by atoms with Crippen molar-refractivity contribution in [3.63, 3.8) is 0 Å². The highest BCUT2D eigenvalue weighted by atomic mass is 35.5. The van der Waals surface area contributed by atoms with Gasteiger partial charge in [-0.2, -0.15) is 0 Å². The van der Waals surface area contributed by atoms with Gasteiger partial charge in [-0.15, -0.1) is 0 Å². The number of amides is 1. The standard InChI is InChI=1S/C23H29BCl2N2O6/c1-13(2)9-14(10-16(29)12-27-21(30)17-11-15(25)7-8-18(17)26)24-33-22(31)19-5-4-6-20(28(19)3)23(32)34-24/h7-8,11,13-14,19-20H,4-6,9-10,12H2,1-3H3,(H,27,30)/t14-,19-,20-/m1/s1. The molecule has 0 radical (unpaired) electrons. The Balaban J connectivity index is 1.68. The molecule has 11 heteroatoms. The van der Waals surface area contributed by atoms with Crippen molar-refractivity contribution in [3.05, 3.63) is 33.8 Å². The minimum absolute atomic E-state index is 0.0296. The van der Waals surface area contributed by atoms with E-state index in [-0.39, 0.29) is 35.3 Å². The number of rotatable bonds is 8. The second kappa shape index (κ2) is 11.6. The normalized spacial score (nSPS) is 21.9. The van der Waals surface area contributed by atoms with Crippen molar-refractivity contribution in [1.82, 2.24) is 10.2 Å². The van der Waals surface area contributed by atoms with Crippen molar-refractivity contribution in [3.8, 4) is 0 Å². The summed E-state index contributed by atoms with van der Waals surface area (Å²) in [6, 6.07) is 3.47. The van der Waals surface area contributed by atoms with Crippen molar-refractivity contribution in [2.75, 3.05) is 13.6 Å². The zero-order chi connectivity index (χ0) is 25.0. The van der Waals surface area contributed by atoms with E-state index in [2.05, 4.69) is 5.32 Å². The number of Topliss-reactive ketones (excluding diaryl/α,β-unsaturated/α-hetero) is 1. The summed E-state index contributed by atoms with van der Waals surface area (Å²) in [4.78, 5) is 52.5. The number of hydrogen-bond donors (Lipinski definition) is 1. The molecule has 0 aromatic heterocycles. The predicted molar refractivity (Wildman–Crippen MR) is 129 cm³/mol. The van der Waals surface area contributed by atoms with Crippen LogP contribution in [0.1, 0.15) is 56.3 Å². The van der Waals surface area contributed by atoms with E-state index >= 15 is 0 Å². The molecule has 2 aliphatic rings. The smallest absolute Gasteiger partial charge is 0.498 e.